The van der Waals surface area contributed by atoms with Crippen LogP contribution in [0, 0.1) is 0 Å². The minimum atomic E-state index is -3.46. The van der Waals surface area contributed by atoms with Gasteiger partial charge >= 0.3 is 0 Å². The number of rotatable bonds is 8. The summed E-state index contributed by atoms with van der Waals surface area (Å²) in [4.78, 5) is 0. The molecule has 20 heavy (non-hydrogen) atoms. The average Bonchev–Trinajstić information content (AvgIpc) is 2.40. The van der Waals surface area contributed by atoms with Gasteiger partial charge in [0, 0.05) is 18.0 Å². The quantitative estimate of drug-likeness (QED) is 0.582. The lowest BCUT2D eigenvalue weighted by Gasteiger charge is -2.14. The number of unbranched alkanes of at least 4 members (excludes halogenated alkanes) is 1. The smallest absolute Gasteiger partial charge is 0.232 e. The molecule has 0 atom stereocenters. The molecule has 0 heterocycles. The number of benzene rings is 1. The van der Waals surface area contributed by atoms with Crippen molar-refractivity contribution in [3.05, 3.63) is 17.2 Å². The van der Waals surface area contributed by atoms with E-state index in [1.54, 1.807) is 0 Å². The number of halogens is 2. The molecule has 0 bridgehead atoms. The first-order chi connectivity index (χ1) is 9.43. The monoisotopic (exact) mass is 341 g/mol. The van der Waals surface area contributed by atoms with Crippen LogP contribution in [0.4, 0.5) is 5.69 Å². The van der Waals surface area contributed by atoms with Gasteiger partial charge in [-0.1, -0.05) is 11.6 Å². The lowest BCUT2D eigenvalue weighted by molar-refractivity contribution is 0.405. The number of nitrogens with one attached hydrogen (secondary N) is 1. The Morgan fingerprint density at radius 3 is 2.35 bits per heavy atom. The van der Waals surface area contributed by atoms with E-state index < -0.39 is 10.0 Å². The first-order valence-electron chi connectivity index (χ1n) is 5.91. The average molecular weight is 342 g/mol. The van der Waals surface area contributed by atoms with Gasteiger partial charge in [-0.3, -0.25) is 4.72 Å². The van der Waals surface area contributed by atoms with Gasteiger partial charge in [0.15, 0.2) is 0 Å². The highest BCUT2D eigenvalue weighted by Crippen LogP contribution is 2.36. The summed E-state index contributed by atoms with van der Waals surface area (Å²) in [6.45, 7) is 0. The van der Waals surface area contributed by atoms with E-state index in [4.69, 9.17) is 32.7 Å². The van der Waals surface area contributed by atoms with Gasteiger partial charge in [-0.15, -0.1) is 11.6 Å². The molecular formula is C12H17Cl2NO4S. The first-order valence-corrected chi connectivity index (χ1v) is 8.48. The van der Waals surface area contributed by atoms with Crippen LogP contribution in [0.5, 0.6) is 11.5 Å². The number of hydrogen-bond acceptors (Lipinski definition) is 4. The van der Waals surface area contributed by atoms with Crippen LogP contribution in [-0.4, -0.2) is 34.3 Å². The Morgan fingerprint density at radius 2 is 1.80 bits per heavy atom. The molecule has 1 rings (SSSR count). The third-order valence-electron chi connectivity index (χ3n) is 2.54. The maximum absolute atomic E-state index is 11.9. The number of methoxy groups -OCH3 is 2. The molecule has 114 valence electrons. The van der Waals surface area contributed by atoms with Gasteiger partial charge in [-0.2, -0.15) is 0 Å². The Kier molecular flexibility index (Phi) is 6.71. The summed E-state index contributed by atoms with van der Waals surface area (Å²) in [5.41, 5.74) is 0.291. The van der Waals surface area contributed by atoms with E-state index in [9.17, 15) is 8.42 Å². The predicted octanol–water partition coefficient (Wildman–Crippen LogP) is 3.12. The van der Waals surface area contributed by atoms with Crippen LogP contribution in [0.2, 0.25) is 5.02 Å². The number of anilines is 1. The molecule has 1 aromatic carbocycles. The fourth-order valence-electron chi connectivity index (χ4n) is 1.55. The largest absolute Gasteiger partial charge is 0.495 e. The molecule has 0 radical (unpaired) electrons. The maximum Gasteiger partial charge on any atom is 0.232 e. The van der Waals surface area contributed by atoms with Crippen LogP contribution >= 0.6 is 23.2 Å². The molecule has 1 aromatic rings. The zero-order valence-electron chi connectivity index (χ0n) is 11.3. The summed E-state index contributed by atoms with van der Waals surface area (Å²) in [5, 5.41) is 0.342. The maximum atomic E-state index is 11.9. The van der Waals surface area contributed by atoms with Gasteiger partial charge in [0.1, 0.15) is 11.5 Å². The van der Waals surface area contributed by atoms with Crippen molar-refractivity contribution in [2.75, 3.05) is 30.6 Å². The topological polar surface area (TPSA) is 64.6 Å². The number of sulfonamides is 1. The van der Waals surface area contributed by atoms with Crippen molar-refractivity contribution in [2.24, 2.45) is 0 Å². The van der Waals surface area contributed by atoms with Crippen LogP contribution in [0.25, 0.3) is 0 Å². The van der Waals surface area contributed by atoms with E-state index >= 15 is 0 Å². The fourth-order valence-corrected chi connectivity index (χ4v) is 3.15. The summed E-state index contributed by atoms with van der Waals surface area (Å²) >= 11 is 11.5. The molecule has 0 saturated heterocycles. The summed E-state index contributed by atoms with van der Waals surface area (Å²) < 4.78 is 36.5. The molecule has 8 heteroatoms. The third kappa shape index (κ3) is 4.92. The molecule has 0 aliphatic carbocycles. The Labute approximate surface area is 129 Å². The fraction of sp³-hybridized carbons (Fsp3) is 0.500. The Balaban J connectivity index is 2.95. The van der Waals surface area contributed by atoms with Gasteiger partial charge in [-0.05, 0) is 12.8 Å². The SMILES string of the molecule is COc1cc(NS(=O)(=O)CCCCCl)c(OC)cc1Cl. The van der Waals surface area contributed by atoms with Crippen LogP contribution in [0.1, 0.15) is 12.8 Å². The van der Waals surface area contributed by atoms with E-state index in [0.717, 1.165) is 0 Å². The van der Waals surface area contributed by atoms with Crippen LogP contribution in [0.15, 0.2) is 12.1 Å². The zero-order valence-corrected chi connectivity index (χ0v) is 13.6. The number of alkyl halides is 1. The molecule has 0 aromatic heterocycles. The van der Waals surface area contributed by atoms with E-state index in [0.29, 0.717) is 40.9 Å². The third-order valence-corrected chi connectivity index (χ3v) is 4.46. The van der Waals surface area contributed by atoms with Gasteiger partial charge in [0.25, 0.3) is 0 Å². The van der Waals surface area contributed by atoms with Crippen molar-refractivity contribution in [1.82, 2.24) is 0 Å². The van der Waals surface area contributed by atoms with Crippen LogP contribution in [0.3, 0.4) is 0 Å². The summed E-state index contributed by atoms with van der Waals surface area (Å²) in [5.74, 6) is 1.13. The highest BCUT2D eigenvalue weighted by molar-refractivity contribution is 7.92. The molecule has 0 fully saturated rings. The number of ether oxygens (including phenoxy) is 2. The molecule has 1 N–H and O–H groups in total. The summed E-state index contributed by atoms with van der Waals surface area (Å²) in [6, 6.07) is 2.98. The molecular weight excluding hydrogens is 325 g/mol. The second-order valence-electron chi connectivity index (χ2n) is 4.00. The first kappa shape index (κ1) is 17.2. The van der Waals surface area contributed by atoms with Crippen LogP contribution in [-0.2, 0) is 10.0 Å². The molecule has 0 amide bonds. The Hall–Kier alpha value is -0.850. The van der Waals surface area contributed by atoms with E-state index in [-0.39, 0.29) is 5.75 Å². The summed E-state index contributed by atoms with van der Waals surface area (Å²) in [7, 11) is -0.580. The van der Waals surface area contributed by atoms with Crippen molar-refractivity contribution in [1.29, 1.82) is 0 Å². The lowest BCUT2D eigenvalue weighted by Crippen LogP contribution is -2.17. The van der Waals surface area contributed by atoms with Crippen LogP contribution < -0.4 is 14.2 Å². The summed E-state index contributed by atoms with van der Waals surface area (Å²) in [6.07, 6.45) is 1.13. The molecule has 0 saturated carbocycles. The van der Waals surface area contributed by atoms with Gasteiger partial charge in [0.2, 0.25) is 10.0 Å². The van der Waals surface area contributed by atoms with E-state index in [1.807, 2.05) is 0 Å². The molecule has 0 unspecified atom stereocenters. The molecule has 5 nitrogen and oxygen atoms in total. The van der Waals surface area contributed by atoms with Crippen molar-refractivity contribution >= 4 is 38.9 Å². The normalized spacial score (nSPS) is 11.2. The van der Waals surface area contributed by atoms with Crippen molar-refractivity contribution in [3.8, 4) is 11.5 Å². The second-order valence-corrected chi connectivity index (χ2v) is 6.63. The second kappa shape index (κ2) is 7.81. The predicted molar refractivity (Wildman–Crippen MR) is 81.9 cm³/mol. The standard InChI is InChI=1S/C12H17Cl2NO4S/c1-18-11-8-10(12(19-2)7-9(11)14)15-20(16,17)6-4-3-5-13/h7-8,15H,3-6H2,1-2H3. The van der Waals surface area contributed by atoms with Crippen molar-refractivity contribution < 1.29 is 17.9 Å². The lowest BCUT2D eigenvalue weighted by atomic mass is 10.3. The Morgan fingerprint density at radius 1 is 1.15 bits per heavy atom. The van der Waals surface area contributed by atoms with Crippen molar-refractivity contribution in [2.45, 2.75) is 12.8 Å². The molecule has 0 aliphatic heterocycles. The zero-order chi connectivity index (χ0) is 15.2. The minimum Gasteiger partial charge on any atom is -0.495 e. The van der Waals surface area contributed by atoms with Gasteiger partial charge in [0.05, 0.1) is 30.7 Å². The minimum absolute atomic E-state index is 0.00613. The van der Waals surface area contributed by atoms with Crippen molar-refractivity contribution in [3.63, 3.8) is 0 Å². The van der Waals surface area contributed by atoms with E-state index in [2.05, 4.69) is 4.72 Å². The molecule has 0 aliphatic rings. The van der Waals surface area contributed by atoms with Gasteiger partial charge in [-0.25, -0.2) is 8.42 Å². The van der Waals surface area contributed by atoms with Gasteiger partial charge < -0.3 is 9.47 Å². The van der Waals surface area contributed by atoms with E-state index in [1.165, 1.54) is 26.4 Å². The molecule has 0 spiro atoms. The highest BCUT2D eigenvalue weighted by atomic mass is 35.5. The highest BCUT2D eigenvalue weighted by Gasteiger charge is 2.16. The Bertz CT molecular complexity index is 549. The number of hydrogen-bond donors (Lipinski definition) is 1.